The second kappa shape index (κ2) is 15.1. The fraction of sp³-hybridized carbons (Fsp3) is 0.500. The van der Waals surface area contributed by atoms with E-state index in [0.717, 1.165) is 0 Å². The number of nitrogens with one attached hydrogen (secondary N) is 5. The molecule has 16 nitrogen and oxygen atoms in total. The smallest absolute Gasteiger partial charge is 0.326 e. The molecule has 208 valence electrons. The van der Waals surface area contributed by atoms with Crippen molar-refractivity contribution in [2.45, 2.75) is 62.7 Å². The minimum atomic E-state index is -1.57. The molecule has 4 unspecified atom stereocenters. The number of aromatic amines is 2. The van der Waals surface area contributed by atoms with Crippen LogP contribution in [0.3, 0.4) is 0 Å². The summed E-state index contributed by atoms with van der Waals surface area (Å²) in [5.74, 6) is -5.22. The molecule has 4 atom stereocenters. The van der Waals surface area contributed by atoms with Gasteiger partial charge in [-0.25, -0.2) is 14.8 Å². The quantitative estimate of drug-likeness (QED) is 0.0946. The van der Waals surface area contributed by atoms with Gasteiger partial charge in [-0.1, -0.05) is 0 Å². The van der Waals surface area contributed by atoms with Crippen LogP contribution in [0.25, 0.3) is 0 Å². The van der Waals surface area contributed by atoms with Crippen molar-refractivity contribution in [2.75, 3.05) is 6.54 Å². The highest BCUT2D eigenvalue weighted by Crippen LogP contribution is 2.06. The molecule has 0 radical (unpaired) electrons. The Balaban J connectivity index is 2.14. The van der Waals surface area contributed by atoms with Crippen LogP contribution in [0.5, 0.6) is 0 Å². The van der Waals surface area contributed by atoms with Gasteiger partial charge in [0.25, 0.3) is 0 Å². The van der Waals surface area contributed by atoms with Gasteiger partial charge >= 0.3 is 11.9 Å². The van der Waals surface area contributed by atoms with E-state index in [2.05, 4.69) is 35.9 Å². The zero-order valence-electron chi connectivity index (χ0n) is 20.6. The van der Waals surface area contributed by atoms with Crippen LogP contribution >= 0.6 is 0 Å². The molecule has 0 aromatic carbocycles. The normalized spacial score (nSPS) is 14.1. The first-order valence-corrected chi connectivity index (χ1v) is 11.9. The van der Waals surface area contributed by atoms with Crippen molar-refractivity contribution < 1.29 is 34.2 Å². The van der Waals surface area contributed by atoms with Gasteiger partial charge < -0.3 is 47.6 Å². The minimum Gasteiger partial charge on any atom is -0.481 e. The monoisotopic (exact) mass is 535 g/mol. The van der Waals surface area contributed by atoms with Crippen LogP contribution in [0.15, 0.2) is 25.0 Å². The molecule has 2 rings (SSSR count). The van der Waals surface area contributed by atoms with Gasteiger partial charge in [-0.15, -0.1) is 0 Å². The maximum Gasteiger partial charge on any atom is 0.326 e. The van der Waals surface area contributed by atoms with Gasteiger partial charge in [0.1, 0.15) is 18.1 Å². The van der Waals surface area contributed by atoms with Crippen LogP contribution in [-0.2, 0) is 36.8 Å². The molecule has 16 heteroatoms. The first kappa shape index (κ1) is 29.9. The number of amides is 3. The number of H-pyrrole nitrogens is 2. The number of imidazole rings is 2. The molecule has 2 heterocycles. The van der Waals surface area contributed by atoms with E-state index in [4.69, 9.17) is 11.5 Å². The highest BCUT2D eigenvalue weighted by Gasteiger charge is 2.32. The lowest BCUT2D eigenvalue weighted by atomic mass is 10.1. The Morgan fingerprint density at radius 2 is 1.37 bits per heavy atom. The standard InChI is InChI=1S/C22H33N9O7/c23-4-2-1-3-15(22(37)38)29-20(35)16(6-13-9-26-11-28-13)31-21(36)17(7-18(32)33)30-19(34)14(24)5-12-8-25-10-27-12/h8-11,14-17H,1-7,23-24H2,(H,25,27)(H,26,28)(H,29,35)(H,30,34)(H,31,36)(H,32,33)(H,37,38). The van der Waals surface area contributed by atoms with Gasteiger partial charge in [0.05, 0.1) is 25.1 Å². The molecule has 2 aromatic heterocycles. The zero-order chi connectivity index (χ0) is 28.1. The fourth-order valence-corrected chi connectivity index (χ4v) is 3.51. The molecule has 0 aliphatic carbocycles. The molecule has 0 aliphatic rings. The van der Waals surface area contributed by atoms with E-state index >= 15 is 0 Å². The van der Waals surface area contributed by atoms with E-state index in [1.165, 1.54) is 25.0 Å². The average Bonchev–Trinajstić information content (AvgIpc) is 3.56. The second-order valence-corrected chi connectivity index (χ2v) is 8.57. The zero-order valence-corrected chi connectivity index (χ0v) is 20.6. The van der Waals surface area contributed by atoms with Gasteiger partial charge in [-0.05, 0) is 25.8 Å². The Morgan fingerprint density at radius 3 is 1.89 bits per heavy atom. The number of unbranched alkanes of at least 4 members (excludes halogenated alkanes) is 1. The van der Waals surface area contributed by atoms with E-state index < -0.39 is 60.2 Å². The van der Waals surface area contributed by atoms with Crippen molar-refractivity contribution >= 4 is 29.7 Å². The molecule has 0 saturated carbocycles. The second-order valence-electron chi connectivity index (χ2n) is 8.57. The number of nitrogens with zero attached hydrogens (tertiary/aromatic N) is 2. The molecule has 0 aliphatic heterocycles. The topological polar surface area (TPSA) is 271 Å². The van der Waals surface area contributed by atoms with E-state index in [9.17, 15) is 34.2 Å². The summed E-state index contributed by atoms with van der Waals surface area (Å²) >= 11 is 0. The maximum absolute atomic E-state index is 13.0. The van der Waals surface area contributed by atoms with E-state index in [0.29, 0.717) is 30.8 Å². The van der Waals surface area contributed by atoms with Crippen LogP contribution in [0, 0.1) is 0 Å². The fourth-order valence-electron chi connectivity index (χ4n) is 3.51. The third-order valence-corrected chi connectivity index (χ3v) is 5.52. The average molecular weight is 536 g/mol. The lowest BCUT2D eigenvalue weighted by Gasteiger charge is -2.24. The molecule has 38 heavy (non-hydrogen) atoms. The highest BCUT2D eigenvalue weighted by molar-refractivity contribution is 5.95. The molecule has 11 N–H and O–H groups in total. The molecular formula is C22H33N9O7. The Kier molecular flexibility index (Phi) is 11.9. The number of carbonyl (C=O) groups excluding carboxylic acids is 3. The lowest BCUT2D eigenvalue weighted by molar-refractivity contribution is -0.143. The van der Waals surface area contributed by atoms with Gasteiger partial charge in [-0.3, -0.25) is 19.2 Å². The largest absolute Gasteiger partial charge is 0.481 e. The summed E-state index contributed by atoms with van der Waals surface area (Å²) in [5.41, 5.74) is 12.3. The van der Waals surface area contributed by atoms with Crippen LogP contribution in [0.4, 0.5) is 0 Å². The van der Waals surface area contributed by atoms with Gasteiger partial charge in [0.2, 0.25) is 17.7 Å². The highest BCUT2D eigenvalue weighted by atomic mass is 16.4. The minimum absolute atomic E-state index is 0.0544. The lowest BCUT2D eigenvalue weighted by Crippen LogP contribution is -2.58. The molecule has 0 spiro atoms. The Labute approximate surface area is 217 Å². The number of aliphatic carboxylic acids is 2. The Hall–Kier alpha value is -4.31. The van der Waals surface area contributed by atoms with E-state index in [-0.39, 0.29) is 19.3 Å². The third-order valence-electron chi connectivity index (χ3n) is 5.52. The summed E-state index contributed by atoms with van der Waals surface area (Å²) in [6.07, 6.45) is 5.92. The van der Waals surface area contributed by atoms with Crippen LogP contribution in [-0.4, -0.2) is 90.5 Å². The van der Waals surface area contributed by atoms with Crippen molar-refractivity contribution in [3.05, 3.63) is 36.4 Å². The summed E-state index contributed by atoms with van der Waals surface area (Å²) in [4.78, 5) is 74.9. The summed E-state index contributed by atoms with van der Waals surface area (Å²) < 4.78 is 0. The van der Waals surface area contributed by atoms with E-state index in [1.54, 1.807) is 0 Å². The summed E-state index contributed by atoms with van der Waals surface area (Å²) in [6.45, 7) is 0.362. The van der Waals surface area contributed by atoms with Gasteiger partial charge in [0, 0.05) is 36.6 Å². The first-order chi connectivity index (χ1) is 18.1. The third kappa shape index (κ3) is 9.98. The Morgan fingerprint density at radius 1 is 0.816 bits per heavy atom. The predicted molar refractivity (Wildman–Crippen MR) is 131 cm³/mol. The summed E-state index contributed by atoms with van der Waals surface area (Å²) in [5, 5.41) is 25.9. The Bertz CT molecular complexity index is 1060. The number of carboxylic acids is 2. The number of nitrogens with two attached hydrogens (primary N) is 2. The predicted octanol–water partition coefficient (Wildman–Crippen LogP) is -2.61. The van der Waals surface area contributed by atoms with Crippen LogP contribution in [0.2, 0.25) is 0 Å². The van der Waals surface area contributed by atoms with E-state index in [1.807, 2.05) is 0 Å². The van der Waals surface area contributed by atoms with Crippen molar-refractivity contribution in [3.8, 4) is 0 Å². The number of carbonyl (C=O) groups is 5. The maximum atomic E-state index is 13.0. The molecule has 0 fully saturated rings. The molecule has 0 bridgehead atoms. The number of rotatable bonds is 17. The van der Waals surface area contributed by atoms with Crippen molar-refractivity contribution in [3.63, 3.8) is 0 Å². The number of aromatic nitrogens is 4. The number of hydrogen-bond donors (Lipinski definition) is 9. The molecule has 3 amide bonds. The van der Waals surface area contributed by atoms with Gasteiger partial charge in [-0.2, -0.15) is 0 Å². The first-order valence-electron chi connectivity index (χ1n) is 11.9. The molecule has 0 saturated heterocycles. The molecular weight excluding hydrogens is 502 g/mol. The summed E-state index contributed by atoms with van der Waals surface area (Å²) in [7, 11) is 0. The summed E-state index contributed by atoms with van der Waals surface area (Å²) in [6, 6.07) is -5.23. The number of hydrogen-bond acceptors (Lipinski definition) is 9. The van der Waals surface area contributed by atoms with Gasteiger partial charge in [0.15, 0.2) is 0 Å². The van der Waals surface area contributed by atoms with Crippen LogP contribution in [0.1, 0.15) is 37.1 Å². The van der Waals surface area contributed by atoms with Crippen molar-refractivity contribution in [2.24, 2.45) is 11.5 Å². The number of carboxylic acid groups (broad SMARTS) is 2. The SMILES string of the molecule is NCCCCC(NC(=O)C(Cc1cnc[nH]1)NC(=O)C(CC(=O)O)NC(=O)C(N)Cc1cnc[nH]1)C(=O)O. The van der Waals surface area contributed by atoms with Crippen molar-refractivity contribution in [1.29, 1.82) is 0 Å². The van der Waals surface area contributed by atoms with Crippen LogP contribution < -0.4 is 27.4 Å². The van der Waals surface area contributed by atoms with Crippen molar-refractivity contribution in [1.82, 2.24) is 35.9 Å². The molecule has 2 aromatic rings.